The summed E-state index contributed by atoms with van der Waals surface area (Å²) in [6.45, 7) is 12.9. The maximum Gasteiger partial charge on any atom is 0.209 e. The van der Waals surface area contributed by atoms with E-state index < -0.39 is 0 Å². The predicted octanol–water partition coefficient (Wildman–Crippen LogP) is 2.55. The fourth-order valence-electron chi connectivity index (χ4n) is 3.12. The molecular formula is C19H33N3O. The lowest BCUT2D eigenvalue weighted by molar-refractivity contribution is -0.116. The summed E-state index contributed by atoms with van der Waals surface area (Å²) in [6.07, 6.45) is 11.9. The van der Waals surface area contributed by atoms with E-state index in [0.29, 0.717) is 6.54 Å². The summed E-state index contributed by atoms with van der Waals surface area (Å²) >= 11 is 0. The van der Waals surface area contributed by atoms with Crippen molar-refractivity contribution in [3.8, 4) is 0 Å². The van der Waals surface area contributed by atoms with Crippen LogP contribution in [0.4, 0.5) is 0 Å². The molecule has 4 nitrogen and oxygen atoms in total. The lowest BCUT2D eigenvalue weighted by Gasteiger charge is -2.36. The van der Waals surface area contributed by atoms with E-state index in [1.54, 1.807) is 19.2 Å². The van der Waals surface area contributed by atoms with E-state index in [4.69, 9.17) is 0 Å². The Morgan fingerprint density at radius 2 is 1.78 bits per heavy atom. The van der Waals surface area contributed by atoms with Gasteiger partial charge in [0.15, 0.2) is 0 Å². The standard InChI is InChI=1S/C10H20N2.C9H13NO/c1-11-6-8-12(9-7-11)10-4-2-3-5-10;1-4-6-9(5-2)7-10(3)8-11/h10H,2-9H2,1H3;4-6,8H,1-2,7H2,3H3/b;9-6+. The van der Waals surface area contributed by atoms with Gasteiger partial charge in [-0.1, -0.05) is 44.2 Å². The summed E-state index contributed by atoms with van der Waals surface area (Å²) in [4.78, 5) is 16.9. The highest BCUT2D eigenvalue weighted by Crippen LogP contribution is 2.23. The highest BCUT2D eigenvalue weighted by atomic mass is 16.1. The number of piperazine rings is 1. The Morgan fingerprint density at radius 3 is 2.26 bits per heavy atom. The van der Waals surface area contributed by atoms with Crippen molar-refractivity contribution < 1.29 is 4.79 Å². The van der Waals surface area contributed by atoms with Crippen LogP contribution in [0.2, 0.25) is 0 Å². The zero-order valence-electron chi connectivity index (χ0n) is 14.9. The smallest absolute Gasteiger partial charge is 0.209 e. The summed E-state index contributed by atoms with van der Waals surface area (Å²) in [7, 11) is 3.94. The fraction of sp³-hybridized carbons (Fsp3) is 0.632. The lowest BCUT2D eigenvalue weighted by Crippen LogP contribution is -2.48. The third kappa shape index (κ3) is 7.62. The molecule has 1 saturated heterocycles. The molecule has 23 heavy (non-hydrogen) atoms. The Balaban J connectivity index is 0.000000232. The molecule has 2 aliphatic rings. The maximum absolute atomic E-state index is 10.2. The molecule has 1 amide bonds. The molecule has 1 saturated carbocycles. The Hall–Kier alpha value is -1.39. The molecule has 4 heteroatoms. The first kappa shape index (κ1) is 19.7. The van der Waals surface area contributed by atoms with Crippen molar-refractivity contribution in [3.05, 3.63) is 37.0 Å². The van der Waals surface area contributed by atoms with Crippen LogP contribution in [0.1, 0.15) is 25.7 Å². The Labute approximate surface area is 142 Å². The number of hydrogen-bond donors (Lipinski definition) is 0. The molecule has 0 bridgehead atoms. The van der Waals surface area contributed by atoms with E-state index in [1.165, 1.54) is 56.8 Å². The average molecular weight is 319 g/mol. The van der Waals surface area contributed by atoms with Crippen molar-refractivity contribution in [3.63, 3.8) is 0 Å². The first-order valence-electron chi connectivity index (χ1n) is 8.62. The fourth-order valence-corrected chi connectivity index (χ4v) is 3.12. The second-order valence-electron chi connectivity index (χ2n) is 6.48. The van der Waals surface area contributed by atoms with E-state index in [9.17, 15) is 4.79 Å². The van der Waals surface area contributed by atoms with Crippen LogP contribution >= 0.6 is 0 Å². The summed E-state index contributed by atoms with van der Waals surface area (Å²) < 4.78 is 0. The summed E-state index contributed by atoms with van der Waals surface area (Å²) in [5, 5.41) is 0. The summed E-state index contributed by atoms with van der Waals surface area (Å²) in [5.74, 6) is 0. The van der Waals surface area contributed by atoms with Crippen molar-refractivity contribution in [1.29, 1.82) is 0 Å². The SMILES string of the molecule is C=C/C=C(\C=C)CN(C)C=O.CN1CCN(C2CCCC2)CC1. The highest BCUT2D eigenvalue weighted by Gasteiger charge is 2.24. The number of hydrogen-bond acceptors (Lipinski definition) is 3. The van der Waals surface area contributed by atoms with Gasteiger partial charge >= 0.3 is 0 Å². The normalized spacial score (nSPS) is 20.5. The van der Waals surface area contributed by atoms with E-state index >= 15 is 0 Å². The van der Waals surface area contributed by atoms with Gasteiger partial charge in [-0.25, -0.2) is 0 Å². The van der Waals surface area contributed by atoms with Gasteiger partial charge in [-0.05, 0) is 25.5 Å². The zero-order valence-corrected chi connectivity index (χ0v) is 14.9. The van der Waals surface area contributed by atoms with Crippen molar-refractivity contribution in [1.82, 2.24) is 14.7 Å². The molecule has 0 aromatic rings. The van der Waals surface area contributed by atoms with E-state index in [0.717, 1.165) is 18.0 Å². The molecule has 0 aromatic heterocycles. The molecule has 1 aliphatic carbocycles. The maximum atomic E-state index is 10.2. The van der Waals surface area contributed by atoms with Gasteiger partial charge in [0.1, 0.15) is 0 Å². The van der Waals surface area contributed by atoms with E-state index in [2.05, 4.69) is 30.0 Å². The number of allylic oxidation sites excluding steroid dienone is 2. The van der Waals surface area contributed by atoms with Crippen LogP contribution in [0.25, 0.3) is 0 Å². The quantitative estimate of drug-likeness (QED) is 0.556. The molecular weight excluding hydrogens is 286 g/mol. The largest absolute Gasteiger partial charge is 0.344 e. The van der Waals surface area contributed by atoms with Gasteiger partial charge in [-0.2, -0.15) is 0 Å². The molecule has 0 unspecified atom stereocenters. The van der Waals surface area contributed by atoms with Gasteiger partial charge < -0.3 is 9.80 Å². The van der Waals surface area contributed by atoms with Crippen LogP contribution in [-0.2, 0) is 4.79 Å². The molecule has 0 spiro atoms. The molecule has 1 aliphatic heterocycles. The van der Waals surface area contributed by atoms with Crippen LogP contribution in [0, 0.1) is 0 Å². The second kappa shape index (κ2) is 11.2. The van der Waals surface area contributed by atoms with Gasteiger partial charge in [-0.3, -0.25) is 9.69 Å². The van der Waals surface area contributed by atoms with Gasteiger partial charge in [0.05, 0.1) is 0 Å². The molecule has 0 N–H and O–H groups in total. The predicted molar refractivity (Wildman–Crippen MR) is 98.5 cm³/mol. The molecule has 0 atom stereocenters. The third-order valence-corrected chi connectivity index (χ3v) is 4.58. The van der Waals surface area contributed by atoms with Gasteiger partial charge in [0.2, 0.25) is 6.41 Å². The molecule has 2 rings (SSSR count). The third-order valence-electron chi connectivity index (χ3n) is 4.58. The Morgan fingerprint density at radius 1 is 1.17 bits per heavy atom. The second-order valence-corrected chi connectivity index (χ2v) is 6.48. The monoisotopic (exact) mass is 319 g/mol. The molecule has 0 aromatic carbocycles. The minimum atomic E-state index is 0.582. The topological polar surface area (TPSA) is 26.8 Å². The number of carbonyl (C=O) groups excluding carboxylic acids is 1. The molecule has 2 fully saturated rings. The molecule has 0 radical (unpaired) electrons. The Kier molecular flexibility index (Phi) is 9.57. The van der Waals surface area contributed by atoms with Crippen LogP contribution in [0.5, 0.6) is 0 Å². The minimum Gasteiger partial charge on any atom is -0.344 e. The van der Waals surface area contributed by atoms with E-state index in [1.807, 2.05) is 6.08 Å². The van der Waals surface area contributed by atoms with Crippen molar-refractivity contribution in [2.75, 3.05) is 46.8 Å². The lowest BCUT2D eigenvalue weighted by atomic mass is 10.2. The first-order chi connectivity index (χ1) is 11.1. The van der Waals surface area contributed by atoms with Crippen LogP contribution in [0.15, 0.2) is 37.0 Å². The zero-order chi connectivity index (χ0) is 17.1. The number of carbonyl (C=O) groups is 1. The highest BCUT2D eigenvalue weighted by molar-refractivity contribution is 5.47. The van der Waals surface area contributed by atoms with Crippen LogP contribution in [0.3, 0.4) is 0 Å². The average Bonchev–Trinajstić information content (AvgIpc) is 3.10. The van der Waals surface area contributed by atoms with E-state index in [-0.39, 0.29) is 0 Å². The number of rotatable bonds is 6. The van der Waals surface area contributed by atoms with Gasteiger partial charge in [0.25, 0.3) is 0 Å². The van der Waals surface area contributed by atoms with Crippen molar-refractivity contribution in [2.45, 2.75) is 31.7 Å². The van der Waals surface area contributed by atoms with Crippen LogP contribution < -0.4 is 0 Å². The van der Waals surface area contributed by atoms with Gasteiger partial charge in [0, 0.05) is 45.8 Å². The van der Waals surface area contributed by atoms with Crippen molar-refractivity contribution >= 4 is 6.41 Å². The Bertz CT molecular complexity index is 391. The number of nitrogens with zero attached hydrogens (tertiary/aromatic N) is 3. The first-order valence-corrected chi connectivity index (χ1v) is 8.62. The van der Waals surface area contributed by atoms with Crippen molar-refractivity contribution in [2.24, 2.45) is 0 Å². The molecule has 1 heterocycles. The summed E-state index contributed by atoms with van der Waals surface area (Å²) in [5.41, 5.74) is 0.981. The summed E-state index contributed by atoms with van der Waals surface area (Å²) in [6, 6.07) is 0.943. The molecule has 130 valence electrons. The number of likely N-dealkylation sites (N-methyl/N-ethyl adjacent to an activating group) is 2. The van der Waals surface area contributed by atoms with Crippen LogP contribution in [-0.4, -0.2) is 74.0 Å². The number of amides is 1. The minimum absolute atomic E-state index is 0.582. The van der Waals surface area contributed by atoms with Gasteiger partial charge in [-0.15, -0.1) is 0 Å².